The van der Waals surface area contributed by atoms with E-state index in [2.05, 4.69) is 4.98 Å². The molecule has 90 valence electrons. The zero-order valence-electron chi connectivity index (χ0n) is 9.18. The summed E-state index contributed by atoms with van der Waals surface area (Å²) in [6.45, 7) is 0. The van der Waals surface area contributed by atoms with Crippen LogP contribution in [0.3, 0.4) is 0 Å². The molecule has 1 aromatic heterocycles. The largest absolute Gasteiger partial charge is 0.354 e. The van der Waals surface area contributed by atoms with Crippen LogP contribution < -0.4 is 0 Å². The van der Waals surface area contributed by atoms with Crippen LogP contribution in [0.2, 0.25) is 15.1 Å². The van der Waals surface area contributed by atoms with Crippen LogP contribution >= 0.6 is 34.8 Å². The minimum Gasteiger partial charge on any atom is -0.354 e. The lowest BCUT2D eigenvalue weighted by Crippen LogP contribution is -1.76. The third-order valence-corrected chi connectivity index (χ3v) is 3.75. The smallest absolute Gasteiger partial charge is 0.0613 e. The Labute approximate surface area is 119 Å². The van der Waals surface area contributed by atoms with E-state index in [1.54, 1.807) is 0 Å². The number of hydrogen-bond acceptors (Lipinski definition) is 0. The number of fused-ring (bicyclic) bond motifs is 1. The van der Waals surface area contributed by atoms with Crippen LogP contribution in [0.4, 0.5) is 0 Å². The summed E-state index contributed by atoms with van der Waals surface area (Å²) in [6.07, 6.45) is 0. The number of halogens is 3. The van der Waals surface area contributed by atoms with Crippen LogP contribution in [0, 0.1) is 0 Å². The average Bonchev–Trinajstić information content (AvgIpc) is 2.73. The second-order valence-electron chi connectivity index (χ2n) is 4.05. The lowest BCUT2D eigenvalue weighted by Gasteiger charge is -1.97. The standard InChI is InChI=1S/C14H8Cl3N/c15-10-3-1-2-8(4-10)13-6-9-5-11(16)12(17)7-14(9)18-13/h1-7,18H. The van der Waals surface area contributed by atoms with Crippen molar-refractivity contribution in [3.8, 4) is 11.3 Å². The van der Waals surface area contributed by atoms with E-state index in [1.165, 1.54) is 0 Å². The molecule has 0 saturated carbocycles. The predicted octanol–water partition coefficient (Wildman–Crippen LogP) is 5.80. The maximum atomic E-state index is 6.00. The summed E-state index contributed by atoms with van der Waals surface area (Å²) in [4.78, 5) is 3.31. The SMILES string of the molecule is Clc1cccc(-c2cc3cc(Cl)c(Cl)cc3[nH]2)c1. The Morgan fingerprint density at radius 3 is 2.39 bits per heavy atom. The summed E-state index contributed by atoms with van der Waals surface area (Å²) in [7, 11) is 0. The van der Waals surface area contributed by atoms with E-state index < -0.39 is 0 Å². The van der Waals surface area contributed by atoms with E-state index in [9.17, 15) is 0 Å². The molecule has 3 aromatic rings. The minimum absolute atomic E-state index is 0.545. The van der Waals surface area contributed by atoms with Crippen molar-refractivity contribution < 1.29 is 0 Å². The van der Waals surface area contributed by atoms with Gasteiger partial charge in [0.05, 0.1) is 10.0 Å². The molecule has 0 unspecified atom stereocenters. The van der Waals surface area contributed by atoms with E-state index in [4.69, 9.17) is 34.8 Å². The van der Waals surface area contributed by atoms with Gasteiger partial charge in [0, 0.05) is 21.6 Å². The molecule has 0 radical (unpaired) electrons. The van der Waals surface area contributed by atoms with Gasteiger partial charge in [0.15, 0.2) is 0 Å². The van der Waals surface area contributed by atoms with Gasteiger partial charge < -0.3 is 4.98 Å². The molecule has 4 heteroatoms. The number of rotatable bonds is 1. The van der Waals surface area contributed by atoms with Gasteiger partial charge in [0.1, 0.15) is 0 Å². The Hall–Kier alpha value is -1.15. The zero-order chi connectivity index (χ0) is 12.7. The highest BCUT2D eigenvalue weighted by atomic mass is 35.5. The van der Waals surface area contributed by atoms with Crippen molar-refractivity contribution in [3.05, 3.63) is 57.5 Å². The molecule has 1 heterocycles. The van der Waals surface area contributed by atoms with Gasteiger partial charge in [-0.1, -0.05) is 46.9 Å². The summed E-state index contributed by atoms with van der Waals surface area (Å²) in [5, 5.41) is 2.84. The Kier molecular flexibility index (Phi) is 2.98. The monoisotopic (exact) mass is 295 g/mol. The molecule has 1 N–H and O–H groups in total. The third kappa shape index (κ3) is 2.10. The summed E-state index contributed by atoms with van der Waals surface area (Å²) < 4.78 is 0. The van der Waals surface area contributed by atoms with Crippen molar-refractivity contribution in [1.82, 2.24) is 4.98 Å². The number of hydrogen-bond donors (Lipinski definition) is 1. The highest BCUT2D eigenvalue weighted by molar-refractivity contribution is 6.42. The molecule has 18 heavy (non-hydrogen) atoms. The molecule has 0 amide bonds. The molecule has 0 atom stereocenters. The second kappa shape index (κ2) is 4.51. The summed E-state index contributed by atoms with van der Waals surface area (Å²) in [5.74, 6) is 0. The Bertz CT molecular complexity index is 692. The van der Waals surface area contributed by atoms with Crippen LogP contribution in [0.15, 0.2) is 42.5 Å². The second-order valence-corrected chi connectivity index (χ2v) is 5.30. The van der Waals surface area contributed by atoms with E-state index in [0.717, 1.165) is 22.2 Å². The van der Waals surface area contributed by atoms with Crippen molar-refractivity contribution in [2.24, 2.45) is 0 Å². The van der Waals surface area contributed by atoms with Gasteiger partial charge in [-0.25, -0.2) is 0 Å². The van der Waals surface area contributed by atoms with Gasteiger partial charge in [0.25, 0.3) is 0 Å². The number of benzene rings is 2. The van der Waals surface area contributed by atoms with Crippen molar-refractivity contribution in [2.45, 2.75) is 0 Å². The first-order chi connectivity index (χ1) is 8.63. The van der Waals surface area contributed by atoms with E-state index in [-0.39, 0.29) is 0 Å². The summed E-state index contributed by atoms with van der Waals surface area (Å²) >= 11 is 18.0. The highest BCUT2D eigenvalue weighted by Gasteiger charge is 2.06. The number of nitrogens with one attached hydrogen (secondary N) is 1. The Morgan fingerprint density at radius 1 is 0.833 bits per heavy atom. The van der Waals surface area contributed by atoms with E-state index in [0.29, 0.717) is 15.1 Å². The molecule has 2 aromatic carbocycles. The lowest BCUT2D eigenvalue weighted by atomic mass is 10.1. The van der Waals surface area contributed by atoms with Crippen LogP contribution in [-0.4, -0.2) is 4.98 Å². The van der Waals surface area contributed by atoms with Gasteiger partial charge in [-0.3, -0.25) is 0 Å². The maximum Gasteiger partial charge on any atom is 0.0613 e. The molecule has 0 aliphatic rings. The predicted molar refractivity (Wildman–Crippen MR) is 78.8 cm³/mol. The highest BCUT2D eigenvalue weighted by Crippen LogP contribution is 2.31. The normalized spacial score (nSPS) is 11.1. The van der Waals surface area contributed by atoms with Gasteiger partial charge in [-0.05, 0) is 35.9 Å². The molecule has 0 saturated heterocycles. The Balaban J connectivity index is 2.19. The Morgan fingerprint density at radius 2 is 1.61 bits per heavy atom. The molecule has 0 aliphatic carbocycles. The van der Waals surface area contributed by atoms with Gasteiger partial charge in [-0.2, -0.15) is 0 Å². The van der Waals surface area contributed by atoms with Crippen LogP contribution in [-0.2, 0) is 0 Å². The van der Waals surface area contributed by atoms with Crippen molar-refractivity contribution >= 4 is 45.7 Å². The van der Waals surface area contributed by atoms with Crippen LogP contribution in [0.5, 0.6) is 0 Å². The summed E-state index contributed by atoms with van der Waals surface area (Å²) in [5.41, 5.74) is 2.98. The maximum absolute atomic E-state index is 6.00. The molecule has 1 nitrogen and oxygen atoms in total. The molecule has 0 aliphatic heterocycles. The molecular weight excluding hydrogens is 289 g/mol. The molecule has 0 fully saturated rings. The fourth-order valence-electron chi connectivity index (χ4n) is 1.94. The number of aromatic nitrogens is 1. The van der Waals surface area contributed by atoms with Gasteiger partial charge >= 0.3 is 0 Å². The zero-order valence-corrected chi connectivity index (χ0v) is 11.4. The molecule has 0 spiro atoms. The van der Waals surface area contributed by atoms with Crippen molar-refractivity contribution in [3.63, 3.8) is 0 Å². The van der Waals surface area contributed by atoms with Crippen molar-refractivity contribution in [2.75, 3.05) is 0 Å². The topological polar surface area (TPSA) is 15.8 Å². The van der Waals surface area contributed by atoms with Crippen LogP contribution in [0.25, 0.3) is 22.2 Å². The van der Waals surface area contributed by atoms with E-state index in [1.807, 2.05) is 42.5 Å². The fourth-order valence-corrected chi connectivity index (χ4v) is 2.46. The van der Waals surface area contributed by atoms with Crippen molar-refractivity contribution in [1.29, 1.82) is 0 Å². The lowest BCUT2D eigenvalue weighted by molar-refractivity contribution is 1.45. The summed E-state index contributed by atoms with van der Waals surface area (Å²) in [6, 6.07) is 13.4. The molecule has 0 bridgehead atoms. The minimum atomic E-state index is 0.545. The average molecular weight is 297 g/mol. The quantitative estimate of drug-likeness (QED) is 0.584. The number of H-pyrrole nitrogens is 1. The first kappa shape index (κ1) is 11.9. The van der Waals surface area contributed by atoms with Crippen LogP contribution in [0.1, 0.15) is 0 Å². The first-order valence-electron chi connectivity index (χ1n) is 5.37. The van der Waals surface area contributed by atoms with Gasteiger partial charge in [0.2, 0.25) is 0 Å². The fraction of sp³-hybridized carbons (Fsp3) is 0. The number of aromatic amines is 1. The van der Waals surface area contributed by atoms with E-state index >= 15 is 0 Å². The molecule has 3 rings (SSSR count). The van der Waals surface area contributed by atoms with Gasteiger partial charge in [-0.15, -0.1) is 0 Å². The first-order valence-corrected chi connectivity index (χ1v) is 6.50. The third-order valence-electron chi connectivity index (χ3n) is 2.80. The molecular formula is C14H8Cl3N.